The molecule has 2 atom stereocenters. The highest BCUT2D eigenvalue weighted by molar-refractivity contribution is 5.00. The molecule has 4 nitrogen and oxygen atoms in total. The molecule has 21 heavy (non-hydrogen) atoms. The van der Waals surface area contributed by atoms with E-state index in [1.54, 1.807) is 0 Å². The Morgan fingerprint density at radius 3 is 2.67 bits per heavy atom. The SMILES string of the molecule is Cc1nnc(CC(C)C2CCCNC2)n1C1CCCCC1. The Morgan fingerprint density at radius 2 is 1.95 bits per heavy atom. The zero-order valence-corrected chi connectivity index (χ0v) is 13.6. The molecule has 2 aliphatic rings. The summed E-state index contributed by atoms with van der Waals surface area (Å²) in [6, 6.07) is 0.653. The molecule has 0 radical (unpaired) electrons. The lowest BCUT2D eigenvalue weighted by atomic mass is 9.85. The lowest BCUT2D eigenvalue weighted by Crippen LogP contribution is -2.34. The van der Waals surface area contributed by atoms with Crippen molar-refractivity contribution in [1.29, 1.82) is 0 Å². The molecule has 4 heteroatoms. The molecule has 0 spiro atoms. The van der Waals surface area contributed by atoms with Crippen molar-refractivity contribution in [2.75, 3.05) is 13.1 Å². The zero-order valence-electron chi connectivity index (χ0n) is 13.6. The summed E-state index contributed by atoms with van der Waals surface area (Å²) in [4.78, 5) is 0. The van der Waals surface area contributed by atoms with Crippen molar-refractivity contribution in [3.8, 4) is 0 Å². The number of rotatable bonds is 4. The van der Waals surface area contributed by atoms with E-state index in [0.717, 1.165) is 18.2 Å². The largest absolute Gasteiger partial charge is 0.316 e. The summed E-state index contributed by atoms with van der Waals surface area (Å²) in [5.74, 6) is 3.85. The van der Waals surface area contributed by atoms with Crippen LogP contribution in [0.1, 0.15) is 69.6 Å². The second kappa shape index (κ2) is 6.91. The Labute approximate surface area is 128 Å². The van der Waals surface area contributed by atoms with E-state index in [1.165, 1.54) is 63.9 Å². The van der Waals surface area contributed by atoms with Crippen molar-refractivity contribution in [3.63, 3.8) is 0 Å². The van der Waals surface area contributed by atoms with E-state index < -0.39 is 0 Å². The summed E-state index contributed by atoms with van der Waals surface area (Å²) in [7, 11) is 0. The summed E-state index contributed by atoms with van der Waals surface area (Å²) in [5, 5.41) is 12.4. The van der Waals surface area contributed by atoms with Gasteiger partial charge in [0.25, 0.3) is 0 Å². The van der Waals surface area contributed by atoms with E-state index in [1.807, 2.05) is 0 Å². The predicted octanol–water partition coefficient (Wildman–Crippen LogP) is 3.27. The molecule has 1 saturated heterocycles. The molecule has 118 valence electrons. The van der Waals surface area contributed by atoms with Crippen LogP contribution < -0.4 is 5.32 Å². The number of piperidine rings is 1. The molecule has 1 N–H and O–H groups in total. The molecular formula is C17H30N4. The van der Waals surface area contributed by atoms with Crippen LogP contribution >= 0.6 is 0 Å². The van der Waals surface area contributed by atoms with Gasteiger partial charge in [-0.15, -0.1) is 10.2 Å². The average Bonchev–Trinajstić information content (AvgIpc) is 2.89. The first-order chi connectivity index (χ1) is 10.3. The minimum atomic E-state index is 0.653. The summed E-state index contributed by atoms with van der Waals surface area (Å²) < 4.78 is 2.46. The lowest BCUT2D eigenvalue weighted by molar-refractivity contribution is 0.268. The Bertz CT molecular complexity index is 442. The molecular weight excluding hydrogens is 260 g/mol. The van der Waals surface area contributed by atoms with Gasteiger partial charge in [0, 0.05) is 12.5 Å². The lowest BCUT2D eigenvalue weighted by Gasteiger charge is -2.29. The number of aromatic nitrogens is 3. The smallest absolute Gasteiger partial charge is 0.133 e. The van der Waals surface area contributed by atoms with E-state index >= 15 is 0 Å². The Morgan fingerprint density at radius 1 is 1.14 bits per heavy atom. The second-order valence-electron chi connectivity index (χ2n) is 7.11. The van der Waals surface area contributed by atoms with Crippen molar-refractivity contribution >= 4 is 0 Å². The van der Waals surface area contributed by atoms with Gasteiger partial charge in [-0.3, -0.25) is 0 Å². The zero-order chi connectivity index (χ0) is 14.7. The molecule has 1 aliphatic carbocycles. The molecule has 2 fully saturated rings. The molecule has 1 aliphatic heterocycles. The van der Waals surface area contributed by atoms with Gasteiger partial charge in [-0.1, -0.05) is 26.2 Å². The number of aryl methyl sites for hydroxylation is 1. The van der Waals surface area contributed by atoms with Crippen LogP contribution in [0.15, 0.2) is 0 Å². The fourth-order valence-electron chi connectivity index (χ4n) is 4.19. The van der Waals surface area contributed by atoms with E-state index in [4.69, 9.17) is 0 Å². The number of nitrogens with one attached hydrogen (secondary N) is 1. The third-order valence-electron chi connectivity index (χ3n) is 5.52. The molecule has 0 amide bonds. The third-order valence-corrected chi connectivity index (χ3v) is 5.52. The van der Waals surface area contributed by atoms with Crippen molar-refractivity contribution in [2.45, 2.75) is 71.3 Å². The van der Waals surface area contributed by atoms with Gasteiger partial charge in [-0.05, 0) is 57.5 Å². The highest BCUT2D eigenvalue weighted by Gasteiger charge is 2.25. The van der Waals surface area contributed by atoms with Crippen molar-refractivity contribution in [2.24, 2.45) is 11.8 Å². The molecule has 0 bridgehead atoms. The van der Waals surface area contributed by atoms with Crippen LogP contribution in [-0.4, -0.2) is 27.9 Å². The average molecular weight is 290 g/mol. The van der Waals surface area contributed by atoms with Crippen LogP contribution in [-0.2, 0) is 6.42 Å². The molecule has 2 unspecified atom stereocenters. The molecule has 1 saturated carbocycles. The molecule has 3 rings (SSSR count). The standard InChI is InChI=1S/C17H30N4/c1-13(15-7-6-10-18-12-15)11-17-20-19-14(2)21(17)16-8-4-3-5-9-16/h13,15-16,18H,3-12H2,1-2H3. The topological polar surface area (TPSA) is 42.7 Å². The van der Waals surface area contributed by atoms with E-state index in [9.17, 15) is 0 Å². The number of hydrogen-bond donors (Lipinski definition) is 1. The summed E-state index contributed by atoms with van der Waals surface area (Å²) in [5.41, 5.74) is 0. The van der Waals surface area contributed by atoms with Crippen LogP contribution in [0.5, 0.6) is 0 Å². The number of nitrogens with zero attached hydrogens (tertiary/aromatic N) is 3. The van der Waals surface area contributed by atoms with Crippen molar-refractivity contribution < 1.29 is 0 Å². The Hall–Kier alpha value is -0.900. The molecule has 1 aromatic rings. The highest BCUT2D eigenvalue weighted by atomic mass is 15.3. The van der Waals surface area contributed by atoms with E-state index in [0.29, 0.717) is 12.0 Å². The fraction of sp³-hybridized carbons (Fsp3) is 0.882. The highest BCUT2D eigenvalue weighted by Crippen LogP contribution is 2.31. The number of hydrogen-bond acceptors (Lipinski definition) is 3. The second-order valence-corrected chi connectivity index (χ2v) is 7.11. The summed E-state index contributed by atoms with van der Waals surface area (Å²) in [6.45, 7) is 6.89. The maximum Gasteiger partial charge on any atom is 0.133 e. The minimum absolute atomic E-state index is 0.653. The first-order valence-electron chi connectivity index (χ1n) is 8.87. The minimum Gasteiger partial charge on any atom is -0.316 e. The fourth-order valence-corrected chi connectivity index (χ4v) is 4.19. The van der Waals surface area contributed by atoms with Gasteiger partial charge in [0.15, 0.2) is 0 Å². The van der Waals surface area contributed by atoms with Crippen molar-refractivity contribution in [3.05, 3.63) is 11.6 Å². The first-order valence-corrected chi connectivity index (χ1v) is 8.87. The van der Waals surface area contributed by atoms with Gasteiger partial charge in [0.05, 0.1) is 0 Å². The first kappa shape index (κ1) is 15.0. The van der Waals surface area contributed by atoms with Crippen LogP contribution in [0.2, 0.25) is 0 Å². The molecule has 1 aromatic heterocycles. The third kappa shape index (κ3) is 3.47. The summed E-state index contributed by atoms with van der Waals surface area (Å²) >= 11 is 0. The predicted molar refractivity (Wildman–Crippen MR) is 85.3 cm³/mol. The quantitative estimate of drug-likeness (QED) is 0.925. The van der Waals surface area contributed by atoms with Gasteiger partial charge in [0.2, 0.25) is 0 Å². The van der Waals surface area contributed by atoms with Gasteiger partial charge in [-0.2, -0.15) is 0 Å². The van der Waals surface area contributed by atoms with E-state index in [-0.39, 0.29) is 0 Å². The maximum absolute atomic E-state index is 4.52. The van der Waals surface area contributed by atoms with Crippen LogP contribution in [0.25, 0.3) is 0 Å². The van der Waals surface area contributed by atoms with Gasteiger partial charge in [-0.25, -0.2) is 0 Å². The monoisotopic (exact) mass is 290 g/mol. The van der Waals surface area contributed by atoms with Gasteiger partial charge >= 0.3 is 0 Å². The van der Waals surface area contributed by atoms with Crippen LogP contribution in [0, 0.1) is 18.8 Å². The van der Waals surface area contributed by atoms with E-state index in [2.05, 4.69) is 33.9 Å². The van der Waals surface area contributed by atoms with Crippen LogP contribution in [0.3, 0.4) is 0 Å². The Kier molecular flexibility index (Phi) is 4.94. The summed E-state index contributed by atoms with van der Waals surface area (Å²) in [6.07, 6.45) is 10.5. The van der Waals surface area contributed by atoms with Gasteiger partial charge < -0.3 is 9.88 Å². The van der Waals surface area contributed by atoms with Crippen molar-refractivity contribution in [1.82, 2.24) is 20.1 Å². The Balaban J connectivity index is 1.69. The van der Waals surface area contributed by atoms with Gasteiger partial charge in [0.1, 0.15) is 11.6 Å². The van der Waals surface area contributed by atoms with Crippen LogP contribution in [0.4, 0.5) is 0 Å². The molecule has 2 heterocycles. The maximum atomic E-state index is 4.52. The normalized spacial score (nSPS) is 25.9. The molecule has 0 aromatic carbocycles.